The van der Waals surface area contributed by atoms with Gasteiger partial charge in [0, 0.05) is 25.1 Å². The summed E-state index contributed by atoms with van der Waals surface area (Å²) in [6, 6.07) is 17.7. The van der Waals surface area contributed by atoms with E-state index < -0.39 is 0 Å². The van der Waals surface area contributed by atoms with Gasteiger partial charge < -0.3 is 9.88 Å². The van der Waals surface area contributed by atoms with E-state index >= 15 is 0 Å². The molecule has 0 aliphatic carbocycles. The third-order valence-corrected chi connectivity index (χ3v) is 4.01. The lowest BCUT2D eigenvalue weighted by molar-refractivity contribution is 0.0951. The molecule has 1 aromatic heterocycles. The van der Waals surface area contributed by atoms with Crippen LogP contribution in [-0.4, -0.2) is 27.2 Å². The molecule has 1 N–H and O–H groups in total. The normalized spacial score (nSPS) is 11.9. The van der Waals surface area contributed by atoms with E-state index in [1.54, 1.807) is 6.33 Å². The molecule has 3 aromatic rings. The number of nitrogens with zero attached hydrogens (tertiary/aromatic N) is 3. The lowest BCUT2D eigenvalue weighted by Crippen LogP contribution is -2.28. The number of aryl methyl sites for hydroxylation is 1. The van der Waals surface area contributed by atoms with E-state index in [0.717, 1.165) is 17.0 Å². The Morgan fingerprint density at radius 2 is 1.75 bits per heavy atom. The maximum atomic E-state index is 12.3. The molecule has 0 aliphatic rings. The number of nitrogens with one attached hydrogen (secondary N) is 1. The molecule has 5 nitrogen and oxygen atoms in total. The van der Waals surface area contributed by atoms with Gasteiger partial charge in [0.15, 0.2) is 0 Å². The van der Waals surface area contributed by atoms with Gasteiger partial charge >= 0.3 is 0 Å². The number of carbonyl (C=O) groups is 1. The Labute approximate surface area is 141 Å². The monoisotopic (exact) mass is 320 g/mol. The summed E-state index contributed by atoms with van der Waals surface area (Å²) >= 11 is 0. The molecular formula is C19H20N4O. The number of hydrogen-bond acceptors (Lipinski definition) is 3. The van der Waals surface area contributed by atoms with Gasteiger partial charge in [0.1, 0.15) is 12.2 Å². The van der Waals surface area contributed by atoms with E-state index in [2.05, 4.69) is 27.6 Å². The van der Waals surface area contributed by atoms with Gasteiger partial charge in [-0.15, -0.1) is 10.2 Å². The summed E-state index contributed by atoms with van der Waals surface area (Å²) in [4.78, 5) is 12.3. The molecule has 0 spiro atoms. The van der Waals surface area contributed by atoms with Crippen molar-refractivity contribution in [1.82, 2.24) is 20.1 Å². The molecule has 0 saturated heterocycles. The van der Waals surface area contributed by atoms with E-state index in [1.165, 1.54) is 0 Å². The summed E-state index contributed by atoms with van der Waals surface area (Å²) < 4.78 is 1.87. The highest BCUT2D eigenvalue weighted by atomic mass is 16.1. The van der Waals surface area contributed by atoms with Crippen molar-refractivity contribution in [3.05, 3.63) is 72.3 Å². The van der Waals surface area contributed by atoms with Gasteiger partial charge in [-0.2, -0.15) is 0 Å². The highest BCUT2D eigenvalue weighted by Gasteiger charge is 2.13. The second kappa shape index (κ2) is 7.08. The van der Waals surface area contributed by atoms with Gasteiger partial charge in [0.2, 0.25) is 0 Å². The standard InChI is InChI=1S/C19H20N4O/c1-14(18-22-21-13-23(18)2)12-20-19(24)17-10-8-16(9-11-17)15-6-4-3-5-7-15/h3-11,13-14H,12H2,1-2H3,(H,20,24). The van der Waals surface area contributed by atoms with Crippen molar-refractivity contribution in [2.45, 2.75) is 12.8 Å². The largest absolute Gasteiger partial charge is 0.351 e. The summed E-state index contributed by atoms with van der Waals surface area (Å²) in [5.41, 5.74) is 2.89. The van der Waals surface area contributed by atoms with Crippen molar-refractivity contribution in [3.8, 4) is 11.1 Å². The van der Waals surface area contributed by atoms with Gasteiger partial charge in [-0.1, -0.05) is 49.4 Å². The van der Waals surface area contributed by atoms with E-state index in [4.69, 9.17) is 0 Å². The van der Waals surface area contributed by atoms with Crippen molar-refractivity contribution in [2.75, 3.05) is 6.54 Å². The summed E-state index contributed by atoms with van der Waals surface area (Å²) in [5.74, 6) is 0.878. The van der Waals surface area contributed by atoms with E-state index in [9.17, 15) is 4.79 Å². The third kappa shape index (κ3) is 3.51. The van der Waals surface area contributed by atoms with Crippen LogP contribution in [0.15, 0.2) is 60.9 Å². The molecule has 1 atom stereocenters. The topological polar surface area (TPSA) is 59.8 Å². The Hall–Kier alpha value is -2.95. The van der Waals surface area contributed by atoms with Crippen LogP contribution >= 0.6 is 0 Å². The van der Waals surface area contributed by atoms with E-state index in [-0.39, 0.29) is 11.8 Å². The third-order valence-electron chi connectivity index (χ3n) is 4.01. The quantitative estimate of drug-likeness (QED) is 0.786. The molecule has 0 bridgehead atoms. The number of carbonyl (C=O) groups excluding carboxylic acids is 1. The molecule has 0 saturated carbocycles. The summed E-state index contributed by atoms with van der Waals surface area (Å²) in [6.45, 7) is 2.54. The smallest absolute Gasteiger partial charge is 0.251 e. The number of benzene rings is 2. The minimum Gasteiger partial charge on any atom is -0.351 e. The van der Waals surface area contributed by atoms with Crippen LogP contribution in [0.3, 0.4) is 0 Å². The van der Waals surface area contributed by atoms with Gasteiger partial charge in [0.05, 0.1) is 0 Å². The van der Waals surface area contributed by atoms with Crippen LogP contribution < -0.4 is 5.32 Å². The maximum absolute atomic E-state index is 12.3. The zero-order valence-corrected chi connectivity index (χ0v) is 13.8. The SMILES string of the molecule is CC(CNC(=O)c1ccc(-c2ccccc2)cc1)c1nncn1C. The molecule has 5 heteroatoms. The molecule has 1 heterocycles. The molecule has 0 aliphatic heterocycles. The molecule has 0 fully saturated rings. The second-order valence-electron chi connectivity index (χ2n) is 5.85. The first-order chi connectivity index (χ1) is 11.6. The summed E-state index contributed by atoms with van der Waals surface area (Å²) in [5, 5.41) is 10.9. The van der Waals surface area contributed by atoms with Crippen LogP contribution in [0.2, 0.25) is 0 Å². The van der Waals surface area contributed by atoms with Gasteiger partial charge in [-0.05, 0) is 23.3 Å². The van der Waals surface area contributed by atoms with Crippen LogP contribution in [0.25, 0.3) is 11.1 Å². The minimum atomic E-state index is -0.0800. The fourth-order valence-corrected chi connectivity index (χ4v) is 2.62. The lowest BCUT2D eigenvalue weighted by atomic mass is 10.0. The number of hydrogen-bond donors (Lipinski definition) is 1. The zero-order chi connectivity index (χ0) is 16.9. The Bertz CT molecular complexity index is 809. The molecule has 1 unspecified atom stereocenters. The molecular weight excluding hydrogens is 300 g/mol. The van der Waals surface area contributed by atoms with Gasteiger partial charge in [0.25, 0.3) is 5.91 Å². The zero-order valence-electron chi connectivity index (χ0n) is 13.8. The molecule has 0 radical (unpaired) electrons. The Kier molecular flexibility index (Phi) is 4.70. The predicted molar refractivity (Wildman–Crippen MR) is 93.6 cm³/mol. The van der Waals surface area contributed by atoms with E-state index in [1.807, 2.05) is 61.0 Å². The fraction of sp³-hybridized carbons (Fsp3) is 0.211. The van der Waals surface area contributed by atoms with Gasteiger partial charge in [-0.3, -0.25) is 4.79 Å². The highest BCUT2D eigenvalue weighted by molar-refractivity contribution is 5.94. The molecule has 122 valence electrons. The fourth-order valence-electron chi connectivity index (χ4n) is 2.62. The molecule has 1 amide bonds. The Balaban J connectivity index is 1.62. The van der Waals surface area contributed by atoms with Crippen molar-refractivity contribution < 1.29 is 4.79 Å². The summed E-state index contributed by atoms with van der Waals surface area (Å²) in [7, 11) is 1.90. The average Bonchev–Trinajstić information content (AvgIpc) is 3.06. The highest BCUT2D eigenvalue weighted by Crippen LogP contribution is 2.19. The Morgan fingerprint density at radius 3 is 2.38 bits per heavy atom. The van der Waals surface area contributed by atoms with Crippen LogP contribution in [0.4, 0.5) is 0 Å². The molecule has 2 aromatic carbocycles. The number of amides is 1. The van der Waals surface area contributed by atoms with Crippen molar-refractivity contribution in [1.29, 1.82) is 0 Å². The van der Waals surface area contributed by atoms with Crippen molar-refractivity contribution in [2.24, 2.45) is 7.05 Å². The second-order valence-corrected chi connectivity index (χ2v) is 5.85. The Morgan fingerprint density at radius 1 is 1.08 bits per heavy atom. The maximum Gasteiger partial charge on any atom is 0.251 e. The van der Waals surface area contributed by atoms with Crippen molar-refractivity contribution >= 4 is 5.91 Å². The first-order valence-corrected chi connectivity index (χ1v) is 7.92. The molecule has 24 heavy (non-hydrogen) atoms. The average molecular weight is 320 g/mol. The minimum absolute atomic E-state index is 0.0800. The van der Waals surface area contributed by atoms with Crippen LogP contribution in [0, 0.1) is 0 Å². The first-order valence-electron chi connectivity index (χ1n) is 7.92. The van der Waals surface area contributed by atoms with Crippen molar-refractivity contribution in [3.63, 3.8) is 0 Å². The summed E-state index contributed by atoms with van der Waals surface area (Å²) in [6.07, 6.45) is 1.66. The van der Waals surface area contributed by atoms with Gasteiger partial charge in [-0.25, -0.2) is 0 Å². The lowest BCUT2D eigenvalue weighted by Gasteiger charge is -2.12. The first kappa shape index (κ1) is 15.9. The molecule has 3 rings (SSSR count). The van der Waals surface area contributed by atoms with Crippen LogP contribution in [0.5, 0.6) is 0 Å². The van der Waals surface area contributed by atoms with Crippen LogP contribution in [0.1, 0.15) is 29.0 Å². The van der Waals surface area contributed by atoms with E-state index in [0.29, 0.717) is 12.1 Å². The predicted octanol–water partition coefficient (Wildman–Crippen LogP) is 3.02. The number of aromatic nitrogens is 3. The van der Waals surface area contributed by atoms with Crippen LogP contribution in [-0.2, 0) is 7.05 Å². The number of rotatable bonds is 5.